The molecule has 0 radical (unpaired) electrons. The SMILES string of the molecule is CCCNC1CC(C)CC(C)C1OC. The van der Waals surface area contributed by atoms with Gasteiger partial charge in [0.25, 0.3) is 0 Å². The number of hydrogen-bond acceptors (Lipinski definition) is 2. The first-order valence-corrected chi connectivity index (χ1v) is 5.95. The van der Waals surface area contributed by atoms with Crippen LogP contribution >= 0.6 is 0 Å². The normalized spacial score (nSPS) is 38.6. The Morgan fingerprint density at radius 2 is 2.00 bits per heavy atom. The molecule has 2 heteroatoms. The van der Waals surface area contributed by atoms with Gasteiger partial charge >= 0.3 is 0 Å². The molecule has 4 atom stereocenters. The molecular formula is C12H25NO. The maximum atomic E-state index is 5.60. The summed E-state index contributed by atoms with van der Waals surface area (Å²) in [5, 5.41) is 3.61. The molecule has 1 fully saturated rings. The van der Waals surface area contributed by atoms with Crippen molar-refractivity contribution in [2.75, 3.05) is 13.7 Å². The fraction of sp³-hybridized carbons (Fsp3) is 1.00. The van der Waals surface area contributed by atoms with Crippen molar-refractivity contribution in [2.24, 2.45) is 11.8 Å². The molecule has 0 bridgehead atoms. The van der Waals surface area contributed by atoms with Gasteiger partial charge in [-0.2, -0.15) is 0 Å². The van der Waals surface area contributed by atoms with Crippen LogP contribution in [0.15, 0.2) is 0 Å². The summed E-state index contributed by atoms with van der Waals surface area (Å²) in [4.78, 5) is 0. The number of hydrogen-bond donors (Lipinski definition) is 1. The van der Waals surface area contributed by atoms with Crippen LogP contribution in [-0.2, 0) is 4.74 Å². The van der Waals surface area contributed by atoms with E-state index in [-0.39, 0.29) is 0 Å². The average molecular weight is 199 g/mol. The van der Waals surface area contributed by atoms with Crippen molar-refractivity contribution >= 4 is 0 Å². The van der Waals surface area contributed by atoms with Crippen LogP contribution in [-0.4, -0.2) is 25.8 Å². The summed E-state index contributed by atoms with van der Waals surface area (Å²) in [6.07, 6.45) is 4.19. The van der Waals surface area contributed by atoms with Gasteiger partial charge in [0, 0.05) is 13.2 Å². The molecule has 1 rings (SSSR count). The lowest BCUT2D eigenvalue weighted by Crippen LogP contribution is -2.49. The second-order valence-electron chi connectivity index (χ2n) is 4.81. The highest BCUT2D eigenvalue weighted by molar-refractivity contribution is 4.88. The van der Waals surface area contributed by atoms with Gasteiger partial charge in [0.05, 0.1) is 6.10 Å². The van der Waals surface area contributed by atoms with Crippen LogP contribution in [0.25, 0.3) is 0 Å². The van der Waals surface area contributed by atoms with Gasteiger partial charge in [0.15, 0.2) is 0 Å². The van der Waals surface area contributed by atoms with Crippen molar-refractivity contribution < 1.29 is 4.74 Å². The third kappa shape index (κ3) is 2.96. The molecule has 0 heterocycles. The minimum absolute atomic E-state index is 0.415. The van der Waals surface area contributed by atoms with Gasteiger partial charge in [-0.05, 0) is 37.6 Å². The molecule has 0 aromatic heterocycles. The summed E-state index contributed by atoms with van der Waals surface area (Å²) in [6.45, 7) is 7.99. The van der Waals surface area contributed by atoms with Gasteiger partial charge in [-0.1, -0.05) is 20.8 Å². The van der Waals surface area contributed by atoms with E-state index in [0.717, 1.165) is 12.5 Å². The molecule has 4 unspecified atom stereocenters. The Bertz CT molecular complexity index is 160. The highest BCUT2D eigenvalue weighted by Gasteiger charge is 2.33. The molecule has 0 saturated heterocycles. The number of nitrogens with one attached hydrogen (secondary N) is 1. The van der Waals surface area contributed by atoms with Crippen LogP contribution in [0.4, 0.5) is 0 Å². The highest BCUT2D eigenvalue weighted by atomic mass is 16.5. The Morgan fingerprint density at radius 1 is 1.29 bits per heavy atom. The quantitative estimate of drug-likeness (QED) is 0.751. The predicted molar refractivity (Wildman–Crippen MR) is 60.4 cm³/mol. The Kier molecular flexibility index (Phi) is 4.90. The fourth-order valence-corrected chi connectivity index (χ4v) is 2.76. The van der Waals surface area contributed by atoms with Crippen LogP contribution in [0.1, 0.15) is 40.0 Å². The van der Waals surface area contributed by atoms with Crippen molar-refractivity contribution in [2.45, 2.75) is 52.2 Å². The van der Waals surface area contributed by atoms with Crippen LogP contribution in [0, 0.1) is 11.8 Å². The number of ether oxygens (including phenoxy) is 1. The smallest absolute Gasteiger partial charge is 0.0749 e. The van der Waals surface area contributed by atoms with Crippen molar-refractivity contribution in [3.8, 4) is 0 Å². The monoisotopic (exact) mass is 199 g/mol. The summed E-state index contributed by atoms with van der Waals surface area (Å²) in [7, 11) is 1.85. The molecule has 1 aliphatic carbocycles. The summed E-state index contributed by atoms with van der Waals surface area (Å²) in [5.41, 5.74) is 0. The first kappa shape index (κ1) is 12.0. The Hall–Kier alpha value is -0.0800. The highest BCUT2D eigenvalue weighted by Crippen LogP contribution is 2.30. The molecule has 0 spiro atoms. The Morgan fingerprint density at radius 3 is 2.57 bits per heavy atom. The maximum Gasteiger partial charge on any atom is 0.0749 e. The first-order valence-electron chi connectivity index (χ1n) is 5.95. The minimum Gasteiger partial charge on any atom is -0.380 e. The predicted octanol–water partition coefficient (Wildman–Crippen LogP) is 2.44. The van der Waals surface area contributed by atoms with Gasteiger partial charge < -0.3 is 10.1 Å². The summed E-state index contributed by atoms with van der Waals surface area (Å²) in [5.74, 6) is 1.53. The van der Waals surface area contributed by atoms with E-state index in [9.17, 15) is 0 Å². The van der Waals surface area contributed by atoms with E-state index in [1.54, 1.807) is 0 Å². The third-order valence-electron chi connectivity index (χ3n) is 3.32. The first-order chi connectivity index (χ1) is 6.69. The van der Waals surface area contributed by atoms with Gasteiger partial charge in [-0.3, -0.25) is 0 Å². The topological polar surface area (TPSA) is 21.3 Å². The Balaban J connectivity index is 2.49. The molecule has 1 aliphatic rings. The molecule has 0 amide bonds. The van der Waals surface area contributed by atoms with E-state index in [2.05, 4.69) is 26.1 Å². The van der Waals surface area contributed by atoms with Crippen molar-refractivity contribution in [1.82, 2.24) is 5.32 Å². The van der Waals surface area contributed by atoms with E-state index < -0.39 is 0 Å². The fourth-order valence-electron chi connectivity index (χ4n) is 2.76. The zero-order valence-corrected chi connectivity index (χ0v) is 10.0. The van der Waals surface area contributed by atoms with Gasteiger partial charge in [0.1, 0.15) is 0 Å². The lowest BCUT2D eigenvalue weighted by molar-refractivity contribution is -0.00887. The Labute approximate surface area is 88.4 Å². The third-order valence-corrected chi connectivity index (χ3v) is 3.32. The second kappa shape index (κ2) is 5.72. The summed E-state index contributed by atoms with van der Waals surface area (Å²) >= 11 is 0. The maximum absolute atomic E-state index is 5.60. The largest absolute Gasteiger partial charge is 0.380 e. The van der Waals surface area contributed by atoms with Crippen LogP contribution in [0.5, 0.6) is 0 Å². The second-order valence-corrected chi connectivity index (χ2v) is 4.81. The minimum atomic E-state index is 0.415. The number of rotatable bonds is 4. The standard InChI is InChI=1S/C12H25NO/c1-5-6-13-11-8-9(2)7-10(3)12(11)14-4/h9-13H,5-8H2,1-4H3. The molecule has 1 N–H and O–H groups in total. The lowest BCUT2D eigenvalue weighted by Gasteiger charge is -2.39. The molecule has 84 valence electrons. The van der Waals surface area contributed by atoms with E-state index in [0.29, 0.717) is 18.1 Å². The molecule has 0 aromatic carbocycles. The molecule has 1 saturated carbocycles. The van der Waals surface area contributed by atoms with Crippen molar-refractivity contribution in [1.29, 1.82) is 0 Å². The van der Waals surface area contributed by atoms with Gasteiger partial charge in [-0.15, -0.1) is 0 Å². The lowest BCUT2D eigenvalue weighted by atomic mass is 9.78. The van der Waals surface area contributed by atoms with Crippen LogP contribution in [0.2, 0.25) is 0 Å². The van der Waals surface area contributed by atoms with Gasteiger partial charge in [0.2, 0.25) is 0 Å². The van der Waals surface area contributed by atoms with E-state index in [4.69, 9.17) is 4.74 Å². The van der Waals surface area contributed by atoms with Crippen LogP contribution in [0.3, 0.4) is 0 Å². The molecule has 14 heavy (non-hydrogen) atoms. The van der Waals surface area contributed by atoms with Crippen molar-refractivity contribution in [3.05, 3.63) is 0 Å². The zero-order chi connectivity index (χ0) is 10.6. The molecular weight excluding hydrogens is 174 g/mol. The average Bonchev–Trinajstić information content (AvgIpc) is 2.14. The van der Waals surface area contributed by atoms with Crippen molar-refractivity contribution in [3.63, 3.8) is 0 Å². The van der Waals surface area contributed by atoms with Crippen LogP contribution < -0.4 is 5.32 Å². The van der Waals surface area contributed by atoms with E-state index in [1.165, 1.54) is 19.3 Å². The molecule has 0 aliphatic heterocycles. The zero-order valence-electron chi connectivity index (χ0n) is 10.0. The number of methoxy groups -OCH3 is 1. The van der Waals surface area contributed by atoms with Gasteiger partial charge in [-0.25, -0.2) is 0 Å². The molecule has 0 aromatic rings. The van der Waals surface area contributed by atoms with E-state index in [1.807, 2.05) is 7.11 Å². The van der Waals surface area contributed by atoms with E-state index >= 15 is 0 Å². The summed E-state index contributed by atoms with van der Waals surface area (Å²) < 4.78 is 5.60. The molecule has 2 nitrogen and oxygen atoms in total. The summed E-state index contributed by atoms with van der Waals surface area (Å²) in [6, 6.07) is 0.568.